The summed E-state index contributed by atoms with van der Waals surface area (Å²) in [4.78, 5) is -1.34. The number of anilines is 1. The maximum atomic E-state index is 13.5. The van der Waals surface area contributed by atoms with Gasteiger partial charge in [-0.3, -0.25) is 0 Å². The fourth-order valence-electron chi connectivity index (χ4n) is 1.28. The number of alkyl halides is 6. The van der Waals surface area contributed by atoms with Gasteiger partial charge in [-0.2, -0.15) is 13.2 Å². The van der Waals surface area contributed by atoms with Crippen LogP contribution in [0.15, 0.2) is 29.2 Å². The molecular weight excluding hydrogens is 300 g/mol. The molecule has 0 saturated carbocycles. The van der Waals surface area contributed by atoms with Gasteiger partial charge in [-0.15, -0.1) is 0 Å². The molecule has 1 rings (SSSR count). The molecule has 10 heteroatoms. The molecule has 0 aliphatic rings. The number of rotatable bonds is 3. The minimum absolute atomic E-state index is 0.521. The average molecular weight is 307 g/mol. The number of hydrogen-bond donors (Lipinski definition) is 1. The van der Waals surface area contributed by atoms with Gasteiger partial charge in [-0.25, -0.2) is 21.6 Å². The number of nitrogen functional groups attached to an aromatic ring is 1. The molecule has 1 unspecified atom stereocenters. The van der Waals surface area contributed by atoms with Crippen molar-refractivity contribution in [3.8, 4) is 0 Å². The van der Waals surface area contributed by atoms with E-state index >= 15 is 0 Å². The van der Waals surface area contributed by atoms with Crippen molar-refractivity contribution in [2.45, 2.75) is 22.5 Å². The third-order valence-electron chi connectivity index (χ3n) is 2.27. The van der Waals surface area contributed by atoms with Crippen LogP contribution in [0, 0.1) is 0 Å². The monoisotopic (exact) mass is 307 g/mol. The van der Waals surface area contributed by atoms with E-state index in [-0.39, 0.29) is 0 Å². The summed E-state index contributed by atoms with van der Waals surface area (Å²) in [6, 6.07) is 3.47. The summed E-state index contributed by atoms with van der Waals surface area (Å²) in [7, 11) is -6.05. The molecule has 1 atom stereocenters. The van der Waals surface area contributed by atoms with Crippen molar-refractivity contribution in [3.05, 3.63) is 24.3 Å². The van der Waals surface area contributed by atoms with Crippen LogP contribution in [0.25, 0.3) is 0 Å². The highest BCUT2D eigenvalue weighted by molar-refractivity contribution is 7.93. The van der Waals surface area contributed by atoms with Gasteiger partial charge in [0.25, 0.3) is 6.43 Å². The highest BCUT2D eigenvalue weighted by atomic mass is 32.2. The topological polar surface area (TPSA) is 60.2 Å². The molecule has 108 valence electrons. The predicted molar refractivity (Wildman–Crippen MR) is 53.9 cm³/mol. The Morgan fingerprint density at radius 2 is 1.53 bits per heavy atom. The standard InChI is InChI=1S/C9H7F6NO2S/c10-7(11)8(12,9(13,14)15)19(17,18)6-4-2-1-3-5(6)16/h1-4,7H,16H2. The van der Waals surface area contributed by atoms with Crippen LogP contribution in [-0.4, -0.2) is 26.0 Å². The van der Waals surface area contributed by atoms with Gasteiger partial charge < -0.3 is 5.73 Å². The Hall–Kier alpha value is -1.45. The summed E-state index contributed by atoms with van der Waals surface area (Å²) in [5.41, 5.74) is 4.33. The first-order valence-corrected chi connectivity index (χ1v) is 6.07. The molecule has 0 saturated heterocycles. The molecule has 0 fully saturated rings. The number of halogens is 6. The lowest BCUT2D eigenvalue weighted by molar-refractivity contribution is -0.231. The number of sulfone groups is 1. The van der Waals surface area contributed by atoms with Crippen molar-refractivity contribution in [1.82, 2.24) is 0 Å². The van der Waals surface area contributed by atoms with Crippen LogP contribution in [0.4, 0.5) is 32.0 Å². The van der Waals surface area contributed by atoms with E-state index < -0.39 is 38.0 Å². The molecule has 0 heterocycles. The van der Waals surface area contributed by atoms with Crippen LogP contribution in [0.5, 0.6) is 0 Å². The molecule has 0 bridgehead atoms. The van der Waals surface area contributed by atoms with Crippen LogP contribution in [0.3, 0.4) is 0 Å². The zero-order chi connectivity index (χ0) is 15.1. The normalized spacial score (nSPS) is 16.4. The number of nitrogens with two attached hydrogens (primary N) is 1. The summed E-state index contributed by atoms with van der Waals surface area (Å²) in [5.74, 6) is 0. The Kier molecular flexibility index (Phi) is 3.76. The minimum Gasteiger partial charge on any atom is -0.398 e. The van der Waals surface area contributed by atoms with Crippen LogP contribution in [0.2, 0.25) is 0 Å². The molecule has 19 heavy (non-hydrogen) atoms. The van der Waals surface area contributed by atoms with E-state index in [1.807, 2.05) is 0 Å². The van der Waals surface area contributed by atoms with Gasteiger partial charge in [-0.05, 0) is 12.1 Å². The van der Waals surface area contributed by atoms with Gasteiger partial charge in [0.05, 0.1) is 10.6 Å². The SMILES string of the molecule is Nc1ccccc1S(=O)(=O)C(F)(C(F)F)C(F)(F)F. The third kappa shape index (κ3) is 2.24. The van der Waals surface area contributed by atoms with E-state index in [4.69, 9.17) is 5.73 Å². The third-order valence-corrected chi connectivity index (χ3v) is 4.41. The van der Waals surface area contributed by atoms with Crippen molar-refractivity contribution in [3.63, 3.8) is 0 Å². The van der Waals surface area contributed by atoms with Gasteiger partial charge in [0.15, 0.2) is 0 Å². The summed E-state index contributed by atoms with van der Waals surface area (Å²) in [5, 5.41) is -5.71. The smallest absolute Gasteiger partial charge is 0.398 e. The highest BCUT2D eigenvalue weighted by Gasteiger charge is 2.72. The van der Waals surface area contributed by atoms with Gasteiger partial charge >= 0.3 is 11.2 Å². The maximum Gasteiger partial charge on any atom is 0.443 e. The Morgan fingerprint density at radius 1 is 1.05 bits per heavy atom. The Balaban J connectivity index is 3.61. The van der Waals surface area contributed by atoms with Gasteiger partial charge in [0.1, 0.15) is 0 Å². The minimum atomic E-state index is -6.30. The lowest BCUT2D eigenvalue weighted by Gasteiger charge is -2.27. The summed E-state index contributed by atoms with van der Waals surface area (Å²) in [6.07, 6.45) is -11.1. The predicted octanol–water partition coefficient (Wildman–Crippen LogP) is 2.54. The average Bonchev–Trinajstić information content (AvgIpc) is 2.26. The Labute approximate surface area is 103 Å². The fraction of sp³-hybridized carbons (Fsp3) is 0.333. The van der Waals surface area contributed by atoms with Crippen LogP contribution in [-0.2, 0) is 9.84 Å². The zero-order valence-corrected chi connectivity index (χ0v) is 9.77. The molecule has 2 N–H and O–H groups in total. The first-order valence-electron chi connectivity index (χ1n) is 4.59. The molecular formula is C9H7F6NO2S. The summed E-state index contributed by atoms with van der Waals surface area (Å²) < 4.78 is 98.5. The quantitative estimate of drug-likeness (QED) is 0.689. The van der Waals surface area contributed by atoms with Crippen molar-refractivity contribution in [1.29, 1.82) is 0 Å². The number of benzene rings is 1. The van der Waals surface area contributed by atoms with E-state index in [0.717, 1.165) is 18.2 Å². The fourth-order valence-corrected chi connectivity index (χ4v) is 2.77. The first kappa shape index (κ1) is 15.6. The van der Waals surface area contributed by atoms with Crippen molar-refractivity contribution in [2.24, 2.45) is 0 Å². The van der Waals surface area contributed by atoms with Crippen molar-refractivity contribution < 1.29 is 34.8 Å². The maximum absolute atomic E-state index is 13.5. The molecule has 0 aromatic heterocycles. The van der Waals surface area contributed by atoms with E-state index in [1.165, 1.54) is 0 Å². The molecule has 0 radical (unpaired) electrons. The van der Waals surface area contributed by atoms with Crippen LogP contribution < -0.4 is 5.73 Å². The highest BCUT2D eigenvalue weighted by Crippen LogP contribution is 2.46. The second-order valence-electron chi connectivity index (χ2n) is 3.48. The number of para-hydroxylation sites is 1. The van der Waals surface area contributed by atoms with E-state index in [9.17, 15) is 34.8 Å². The lowest BCUT2D eigenvalue weighted by atomic mass is 10.3. The molecule has 3 nitrogen and oxygen atoms in total. The zero-order valence-electron chi connectivity index (χ0n) is 8.96. The Morgan fingerprint density at radius 3 is 1.89 bits per heavy atom. The van der Waals surface area contributed by atoms with E-state index in [0.29, 0.717) is 6.07 Å². The van der Waals surface area contributed by atoms with Gasteiger partial charge in [-0.1, -0.05) is 12.1 Å². The molecule has 1 aromatic carbocycles. The molecule has 0 spiro atoms. The Bertz CT molecular complexity index is 570. The molecule has 0 amide bonds. The van der Waals surface area contributed by atoms with Crippen molar-refractivity contribution in [2.75, 3.05) is 5.73 Å². The van der Waals surface area contributed by atoms with Crippen LogP contribution in [0.1, 0.15) is 0 Å². The second kappa shape index (κ2) is 4.58. The number of hydrogen-bond acceptors (Lipinski definition) is 3. The van der Waals surface area contributed by atoms with Gasteiger partial charge in [0, 0.05) is 0 Å². The largest absolute Gasteiger partial charge is 0.443 e. The second-order valence-corrected chi connectivity index (χ2v) is 5.53. The van der Waals surface area contributed by atoms with Crippen molar-refractivity contribution >= 4 is 15.5 Å². The summed E-state index contributed by atoms with van der Waals surface area (Å²) in [6.45, 7) is 0. The lowest BCUT2D eigenvalue weighted by Crippen LogP contribution is -2.53. The first-order chi connectivity index (χ1) is 8.46. The van der Waals surface area contributed by atoms with Crippen LogP contribution >= 0.6 is 0 Å². The molecule has 0 aliphatic heterocycles. The van der Waals surface area contributed by atoms with Gasteiger partial charge in [0.2, 0.25) is 9.84 Å². The molecule has 0 aliphatic carbocycles. The summed E-state index contributed by atoms with van der Waals surface area (Å²) >= 11 is 0. The van der Waals surface area contributed by atoms with E-state index in [1.54, 1.807) is 0 Å². The van der Waals surface area contributed by atoms with E-state index in [2.05, 4.69) is 0 Å². The molecule has 1 aromatic rings.